The minimum absolute atomic E-state index is 0.00925. The van der Waals surface area contributed by atoms with Gasteiger partial charge in [-0.1, -0.05) is 17.8 Å². The van der Waals surface area contributed by atoms with Crippen molar-refractivity contribution in [1.82, 2.24) is 4.90 Å². The average Bonchev–Trinajstić information content (AvgIpc) is 2.84. The summed E-state index contributed by atoms with van der Waals surface area (Å²) in [6.07, 6.45) is 0.215. The number of amides is 1. The van der Waals surface area contributed by atoms with Crippen LogP contribution in [-0.4, -0.2) is 44.2 Å². The van der Waals surface area contributed by atoms with Gasteiger partial charge >= 0.3 is 0 Å². The van der Waals surface area contributed by atoms with E-state index in [0.29, 0.717) is 36.2 Å². The van der Waals surface area contributed by atoms with Crippen molar-refractivity contribution in [2.75, 3.05) is 38.3 Å². The third kappa shape index (κ3) is 4.08. The maximum absolute atomic E-state index is 13.2. The van der Waals surface area contributed by atoms with E-state index in [-0.39, 0.29) is 18.2 Å². The topological polar surface area (TPSA) is 75.0 Å². The molecular formula is C24H25N3O4S. The average molecular weight is 452 g/mol. The standard InChI is InChI=1S/C24H25N3O4S/c1-4-31-17-7-5-16(6-8-17)26-14-27-23(28)12-20(21(13-25)24(27)32-15-26)19-10-9-18(29-2)11-22(19)30-3/h5-11,20H,4,12,14-15H2,1-3H3. The largest absolute Gasteiger partial charge is 0.497 e. The van der Waals surface area contributed by atoms with Crippen molar-refractivity contribution in [1.29, 1.82) is 5.26 Å². The molecule has 0 N–H and O–H groups in total. The highest BCUT2D eigenvalue weighted by Crippen LogP contribution is 2.45. The SMILES string of the molecule is CCOc1ccc(N2CSC3=C(C#N)C(c4ccc(OC)cc4OC)CC(=O)N3C2)cc1. The number of fused-ring (bicyclic) bond motifs is 1. The van der Waals surface area contributed by atoms with Crippen LogP contribution < -0.4 is 19.1 Å². The van der Waals surface area contributed by atoms with Gasteiger partial charge in [-0.25, -0.2) is 0 Å². The first-order chi connectivity index (χ1) is 15.6. The van der Waals surface area contributed by atoms with Gasteiger partial charge in [0.05, 0.1) is 50.0 Å². The molecule has 0 bridgehead atoms. The quantitative estimate of drug-likeness (QED) is 0.647. The normalized spacial score (nSPS) is 18.2. The summed E-state index contributed by atoms with van der Waals surface area (Å²) in [5.74, 6) is 2.39. The molecule has 32 heavy (non-hydrogen) atoms. The third-order valence-electron chi connectivity index (χ3n) is 5.62. The Morgan fingerprint density at radius 2 is 1.88 bits per heavy atom. The molecule has 1 amide bonds. The molecule has 0 aliphatic carbocycles. The second-order valence-corrected chi connectivity index (χ2v) is 8.33. The number of anilines is 1. The van der Waals surface area contributed by atoms with Gasteiger partial charge in [0.15, 0.2) is 0 Å². The molecular weight excluding hydrogens is 426 g/mol. The highest BCUT2D eigenvalue weighted by molar-refractivity contribution is 8.03. The van der Waals surface area contributed by atoms with Crippen molar-refractivity contribution in [3.63, 3.8) is 0 Å². The number of methoxy groups -OCH3 is 2. The number of nitriles is 1. The summed E-state index contributed by atoms with van der Waals surface area (Å²) >= 11 is 1.51. The molecule has 7 nitrogen and oxygen atoms in total. The zero-order chi connectivity index (χ0) is 22.7. The molecule has 2 aromatic carbocycles. The highest BCUT2D eigenvalue weighted by Gasteiger charge is 2.39. The minimum Gasteiger partial charge on any atom is -0.497 e. The molecule has 1 unspecified atom stereocenters. The summed E-state index contributed by atoms with van der Waals surface area (Å²) in [4.78, 5) is 17.0. The Morgan fingerprint density at radius 3 is 2.53 bits per heavy atom. The molecule has 166 valence electrons. The van der Waals surface area contributed by atoms with E-state index < -0.39 is 0 Å². The van der Waals surface area contributed by atoms with Crippen molar-refractivity contribution < 1.29 is 19.0 Å². The number of hydrogen-bond donors (Lipinski definition) is 0. The van der Waals surface area contributed by atoms with Crippen molar-refractivity contribution in [2.24, 2.45) is 0 Å². The van der Waals surface area contributed by atoms with Gasteiger partial charge in [0, 0.05) is 29.7 Å². The van der Waals surface area contributed by atoms with Crippen LogP contribution in [0.4, 0.5) is 5.69 Å². The van der Waals surface area contributed by atoms with Gasteiger partial charge in [-0.2, -0.15) is 5.26 Å². The van der Waals surface area contributed by atoms with Crippen LogP contribution in [-0.2, 0) is 4.79 Å². The zero-order valence-electron chi connectivity index (χ0n) is 18.3. The molecule has 2 aliphatic heterocycles. The van der Waals surface area contributed by atoms with Crippen LogP contribution in [0, 0.1) is 11.3 Å². The summed E-state index contributed by atoms with van der Waals surface area (Å²) in [6.45, 7) is 2.98. The van der Waals surface area contributed by atoms with Gasteiger partial charge < -0.3 is 19.1 Å². The van der Waals surface area contributed by atoms with Gasteiger partial charge in [0.1, 0.15) is 17.2 Å². The predicted molar refractivity (Wildman–Crippen MR) is 124 cm³/mol. The van der Waals surface area contributed by atoms with Gasteiger partial charge in [0.25, 0.3) is 0 Å². The van der Waals surface area contributed by atoms with E-state index in [1.165, 1.54) is 11.8 Å². The molecule has 1 fully saturated rings. The Labute approximate surface area is 192 Å². The lowest BCUT2D eigenvalue weighted by molar-refractivity contribution is -0.129. The minimum atomic E-state index is -0.343. The Bertz CT molecular complexity index is 1080. The molecule has 2 aliphatic rings. The summed E-state index contributed by atoms with van der Waals surface area (Å²) in [5.41, 5.74) is 2.43. The third-order valence-corrected chi connectivity index (χ3v) is 6.78. The van der Waals surface area contributed by atoms with Gasteiger partial charge in [-0.3, -0.25) is 9.69 Å². The van der Waals surface area contributed by atoms with E-state index >= 15 is 0 Å². The number of benzene rings is 2. The fourth-order valence-electron chi connectivity index (χ4n) is 4.02. The van der Waals surface area contributed by atoms with Crippen molar-refractivity contribution in [3.05, 3.63) is 58.6 Å². The van der Waals surface area contributed by atoms with E-state index in [4.69, 9.17) is 14.2 Å². The number of carbonyl (C=O) groups is 1. The first-order valence-electron chi connectivity index (χ1n) is 10.4. The van der Waals surface area contributed by atoms with E-state index in [0.717, 1.165) is 22.0 Å². The second-order valence-electron chi connectivity index (χ2n) is 7.40. The smallest absolute Gasteiger partial charge is 0.229 e. The van der Waals surface area contributed by atoms with Crippen LogP contribution in [0.25, 0.3) is 0 Å². The lowest BCUT2D eigenvalue weighted by Crippen LogP contribution is -2.47. The summed E-state index contributed by atoms with van der Waals surface area (Å²) in [7, 11) is 3.17. The summed E-state index contributed by atoms with van der Waals surface area (Å²) < 4.78 is 16.3. The molecule has 0 spiro atoms. The number of thioether (sulfide) groups is 1. The number of rotatable bonds is 6. The van der Waals surface area contributed by atoms with Crippen LogP contribution in [0.2, 0.25) is 0 Å². The number of nitrogens with zero attached hydrogens (tertiary/aromatic N) is 3. The van der Waals surface area contributed by atoms with Crippen molar-refractivity contribution >= 4 is 23.4 Å². The first-order valence-corrected chi connectivity index (χ1v) is 11.3. The molecule has 0 aromatic heterocycles. The number of allylic oxidation sites excluding steroid dienone is 1. The van der Waals surface area contributed by atoms with Crippen molar-refractivity contribution in [3.8, 4) is 23.3 Å². The Morgan fingerprint density at radius 1 is 1.12 bits per heavy atom. The molecule has 2 aromatic rings. The van der Waals surface area contributed by atoms with Crippen LogP contribution >= 0.6 is 11.8 Å². The number of carbonyl (C=O) groups excluding carboxylic acids is 1. The maximum atomic E-state index is 13.2. The molecule has 1 atom stereocenters. The number of hydrogen-bond acceptors (Lipinski definition) is 7. The zero-order valence-corrected chi connectivity index (χ0v) is 19.1. The van der Waals surface area contributed by atoms with Gasteiger partial charge in [-0.15, -0.1) is 0 Å². The highest BCUT2D eigenvalue weighted by atomic mass is 32.2. The molecule has 4 rings (SSSR count). The lowest BCUT2D eigenvalue weighted by Gasteiger charge is -2.42. The Kier molecular flexibility index (Phi) is 6.47. The fourth-order valence-corrected chi connectivity index (χ4v) is 5.19. The monoisotopic (exact) mass is 451 g/mol. The Balaban J connectivity index is 1.63. The van der Waals surface area contributed by atoms with Crippen LogP contribution in [0.1, 0.15) is 24.8 Å². The van der Waals surface area contributed by atoms with Crippen LogP contribution in [0.3, 0.4) is 0 Å². The summed E-state index contributed by atoms with van der Waals surface area (Å²) in [6, 6.07) is 15.7. The summed E-state index contributed by atoms with van der Waals surface area (Å²) in [5, 5.41) is 10.8. The van der Waals surface area contributed by atoms with E-state index in [2.05, 4.69) is 11.0 Å². The number of ether oxygens (including phenoxy) is 3. The van der Waals surface area contributed by atoms with E-state index in [9.17, 15) is 10.1 Å². The van der Waals surface area contributed by atoms with Crippen LogP contribution in [0.5, 0.6) is 17.2 Å². The maximum Gasteiger partial charge on any atom is 0.229 e. The fraction of sp³-hybridized carbons (Fsp3) is 0.333. The molecule has 2 heterocycles. The molecule has 0 radical (unpaired) electrons. The van der Waals surface area contributed by atoms with E-state index in [1.807, 2.05) is 43.3 Å². The van der Waals surface area contributed by atoms with E-state index in [1.54, 1.807) is 25.2 Å². The van der Waals surface area contributed by atoms with Gasteiger partial charge in [0.2, 0.25) is 5.91 Å². The molecule has 0 saturated carbocycles. The first kappa shape index (κ1) is 21.9. The van der Waals surface area contributed by atoms with Crippen molar-refractivity contribution in [2.45, 2.75) is 19.3 Å². The van der Waals surface area contributed by atoms with Crippen LogP contribution in [0.15, 0.2) is 53.1 Å². The lowest BCUT2D eigenvalue weighted by atomic mass is 9.86. The van der Waals surface area contributed by atoms with Gasteiger partial charge in [-0.05, 0) is 37.3 Å². The second kappa shape index (κ2) is 9.45. The molecule has 8 heteroatoms. The molecule has 1 saturated heterocycles. The predicted octanol–water partition coefficient (Wildman–Crippen LogP) is 4.32. The Hall–Kier alpha value is -3.31.